The second-order valence-electron chi connectivity index (χ2n) is 5.62. The highest BCUT2D eigenvalue weighted by atomic mass is 16.5. The van der Waals surface area contributed by atoms with Gasteiger partial charge in [0.2, 0.25) is 0 Å². The molecule has 3 heteroatoms. The first-order valence-corrected chi connectivity index (χ1v) is 6.36. The van der Waals surface area contributed by atoms with Crippen molar-refractivity contribution in [3.8, 4) is 5.75 Å². The van der Waals surface area contributed by atoms with Crippen molar-refractivity contribution in [1.82, 2.24) is 5.32 Å². The lowest BCUT2D eigenvalue weighted by atomic mass is 10.0. The summed E-state index contributed by atoms with van der Waals surface area (Å²) in [5.41, 5.74) is 3.72. The number of nitrogens with zero attached hydrogens (tertiary/aromatic N) is 1. The van der Waals surface area contributed by atoms with Gasteiger partial charge in [0.1, 0.15) is 5.75 Å². The van der Waals surface area contributed by atoms with Crippen molar-refractivity contribution in [2.45, 2.75) is 33.2 Å². The maximum absolute atomic E-state index is 5.51. The van der Waals surface area contributed by atoms with Gasteiger partial charge in [0.15, 0.2) is 0 Å². The number of ether oxygens (including phenoxy) is 1. The molecule has 1 N–H and O–H groups in total. The van der Waals surface area contributed by atoms with E-state index in [1.807, 2.05) is 7.05 Å². The van der Waals surface area contributed by atoms with E-state index in [0.717, 1.165) is 12.3 Å². The fourth-order valence-corrected chi connectivity index (χ4v) is 2.32. The van der Waals surface area contributed by atoms with Gasteiger partial charge in [-0.1, -0.05) is 6.07 Å². The van der Waals surface area contributed by atoms with E-state index >= 15 is 0 Å². The Labute approximate surface area is 111 Å². The smallest absolute Gasteiger partial charge is 0.142 e. The molecule has 0 saturated heterocycles. The maximum Gasteiger partial charge on any atom is 0.142 e. The zero-order chi connectivity index (χ0) is 13.9. The largest absolute Gasteiger partial charge is 0.495 e. The van der Waals surface area contributed by atoms with E-state index in [2.05, 4.69) is 57.1 Å². The third kappa shape index (κ3) is 3.39. The summed E-state index contributed by atoms with van der Waals surface area (Å²) in [4.78, 5) is 2.25. The highest BCUT2D eigenvalue weighted by Gasteiger charge is 2.20. The Hall–Kier alpha value is -1.22. The Balaban J connectivity index is 3.08. The Morgan fingerprint density at radius 1 is 1.28 bits per heavy atom. The summed E-state index contributed by atoms with van der Waals surface area (Å²) in [6, 6.07) is 4.28. The molecule has 0 saturated carbocycles. The molecular formula is C15H26N2O. The van der Waals surface area contributed by atoms with E-state index in [1.54, 1.807) is 7.11 Å². The van der Waals surface area contributed by atoms with Gasteiger partial charge in [-0.2, -0.15) is 0 Å². The molecular weight excluding hydrogens is 224 g/mol. The molecule has 1 rings (SSSR count). The number of benzene rings is 1. The van der Waals surface area contributed by atoms with E-state index < -0.39 is 0 Å². The van der Waals surface area contributed by atoms with Crippen molar-refractivity contribution in [2.24, 2.45) is 0 Å². The first-order chi connectivity index (χ1) is 8.30. The Kier molecular flexibility index (Phi) is 4.63. The van der Waals surface area contributed by atoms with Crippen LogP contribution in [0.4, 0.5) is 5.69 Å². The zero-order valence-corrected chi connectivity index (χ0v) is 12.7. The molecule has 0 amide bonds. The maximum atomic E-state index is 5.51. The molecule has 0 atom stereocenters. The number of methoxy groups -OCH3 is 1. The van der Waals surface area contributed by atoms with Gasteiger partial charge in [-0.05, 0) is 51.9 Å². The van der Waals surface area contributed by atoms with Gasteiger partial charge in [0.05, 0.1) is 12.8 Å². The lowest BCUT2D eigenvalue weighted by Crippen LogP contribution is -2.46. The van der Waals surface area contributed by atoms with Crippen molar-refractivity contribution in [3.05, 3.63) is 23.3 Å². The van der Waals surface area contributed by atoms with E-state index in [9.17, 15) is 0 Å². The van der Waals surface area contributed by atoms with Crippen LogP contribution in [-0.4, -0.2) is 33.3 Å². The number of nitrogens with one attached hydrogen (secondary N) is 1. The quantitative estimate of drug-likeness (QED) is 0.869. The van der Waals surface area contributed by atoms with Gasteiger partial charge >= 0.3 is 0 Å². The lowest BCUT2D eigenvalue weighted by Gasteiger charge is -2.33. The molecule has 0 unspecified atom stereocenters. The fourth-order valence-electron chi connectivity index (χ4n) is 2.32. The van der Waals surface area contributed by atoms with E-state index in [1.165, 1.54) is 16.8 Å². The minimum absolute atomic E-state index is 0.0666. The predicted molar refractivity (Wildman–Crippen MR) is 78.9 cm³/mol. The molecule has 1 aromatic carbocycles. The van der Waals surface area contributed by atoms with E-state index in [4.69, 9.17) is 4.74 Å². The summed E-state index contributed by atoms with van der Waals surface area (Å²) in [6.07, 6.45) is 0. The zero-order valence-electron chi connectivity index (χ0n) is 12.7. The first-order valence-electron chi connectivity index (χ1n) is 6.36. The predicted octanol–water partition coefficient (Wildman–Crippen LogP) is 2.75. The van der Waals surface area contributed by atoms with E-state index in [0.29, 0.717) is 0 Å². The van der Waals surface area contributed by atoms with Gasteiger partial charge in [-0.25, -0.2) is 0 Å². The van der Waals surface area contributed by atoms with Crippen LogP contribution < -0.4 is 15.0 Å². The number of likely N-dealkylation sites (N-methyl/N-ethyl adjacent to an activating group) is 2. The second kappa shape index (κ2) is 5.61. The van der Waals surface area contributed by atoms with Crippen LogP contribution >= 0.6 is 0 Å². The second-order valence-corrected chi connectivity index (χ2v) is 5.62. The van der Waals surface area contributed by atoms with Crippen molar-refractivity contribution in [3.63, 3.8) is 0 Å². The molecule has 1 aromatic rings. The number of hydrogen-bond donors (Lipinski definition) is 1. The summed E-state index contributed by atoms with van der Waals surface area (Å²) < 4.78 is 5.51. The van der Waals surface area contributed by atoms with Crippen LogP contribution in [0.3, 0.4) is 0 Å². The van der Waals surface area contributed by atoms with Gasteiger partial charge in [0.25, 0.3) is 0 Å². The highest BCUT2D eigenvalue weighted by Crippen LogP contribution is 2.33. The van der Waals surface area contributed by atoms with Gasteiger partial charge in [-0.3, -0.25) is 0 Å². The first kappa shape index (κ1) is 14.8. The summed E-state index contributed by atoms with van der Waals surface area (Å²) >= 11 is 0. The van der Waals surface area contributed by atoms with Crippen molar-refractivity contribution in [2.75, 3.05) is 32.6 Å². The summed E-state index contributed by atoms with van der Waals surface area (Å²) in [5, 5.41) is 3.33. The number of rotatable bonds is 5. The van der Waals surface area contributed by atoms with Crippen LogP contribution in [0.25, 0.3) is 0 Å². The minimum atomic E-state index is 0.0666. The molecule has 0 aromatic heterocycles. The molecule has 0 aliphatic carbocycles. The average molecular weight is 250 g/mol. The molecule has 0 spiro atoms. The third-order valence-corrected chi connectivity index (χ3v) is 3.32. The molecule has 0 aliphatic rings. The molecule has 0 heterocycles. The minimum Gasteiger partial charge on any atom is -0.495 e. The van der Waals surface area contributed by atoms with Crippen molar-refractivity contribution < 1.29 is 4.74 Å². The molecule has 18 heavy (non-hydrogen) atoms. The van der Waals surface area contributed by atoms with Crippen LogP contribution in [0.15, 0.2) is 12.1 Å². The van der Waals surface area contributed by atoms with E-state index in [-0.39, 0.29) is 5.54 Å². The van der Waals surface area contributed by atoms with Crippen LogP contribution in [0.1, 0.15) is 25.0 Å². The van der Waals surface area contributed by atoms with Crippen molar-refractivity contribution >= 4 is 5.69 Å². The van der Waals surface area contributed by atoms with Crippen LogP contribution in [0.5, 0.6) is 5.75 Å². The monoisotopic (exact) mass is 250 g/mol. The standard InChI is InChI=1S/C15H26N2O/c1-11-8-12(2)14(13(9-11)18-7)17(6)10-15(3,4)16-5/h8-9,16H,10H2,1-7H3. The molecule has 0 aliphatic heterocycles. The lowest BCUT2D eigenvalue weighted by molar-refractivity contribution is 0.405. The highest BCUT2D eigenvalue weighted by molar-refractivity contribution is 5.64. The van der Waals surface area contributed by atoms with Crippen molar-refractivity contribution in [1.29, 1.82) is 0 Å². The summed E-state index contributed by atoms with van der Waals surface area (Å²) in [6.45, 7) is 9.54. The van der Waals surface area contributed by atoms with Gasteiger partial charge in [0, 0.05) is 19.1 Å². The number of aryl methyl sites for hydroxylation is 2. The molecule has 102 valence electrons. The summed E-state index contributed by atoms with van der Waals surface area (Å²) in [7, 11) is 5.83. The fraction of sp³-hybridized carbons (Fsp3) is 0.600. The topological polar surface area (TPSA) is 24.5 Å². The third-order valence-electron chi connectivity index (χ3n) is 3.32. The van der Waals surface area contributed by atoms with Crippen LogP contribution in [0, 0.1) is 13.8 Å². The Bertz CT molecular complexity index is 413. The van der Waals surface area contributed by atoms with Crippen LogP contribution in [-0.2, 0) is 0 Å². The summed E-state index contributed by atoms with van der Waals surface area (Å²) in [5.74, 6) is 0.946. The Morgan fingerprint density at radius 2 is 1.89 bits per heavy atom. The molecule has 0 bridgehead atoms. The molecule has 3 nitrogen and oxygen atoms in total. The number of anilines is 1. The average Bonchev–Trinajstić information content (AvgIpc) is 2.26. The Morgan fingerprint density at radius 3 is 2.39 bits per heavy atom. The normalized spacial score (nSPS) is 11.5. The van der Waals surface area contributed by atoms with Crippen LogP contribution in [0.2, 0.25) is 0 Å². The SMILES string of the molecule is CNC(C)(C)CN(C)c1c(C)cc(C)cc1OC. The van der Waals surface area contributed by atoms with Gasteiger partial charge in [-0.15, -0.1) is 0 Å². The molecule has 0 radical (unpaired) electrons. The molecule has 0 fully saturated rings. The van der Waals surface area contributed by atoms with Gasteiger partial charge < -0.3 is 15.0 Å². The number of hydrogen-bond acceptors (Lipinski definition) is 3.